The van der Waals surface area contributed by atoms with Gasteiger partial charge in [0.05, 0.1) is 35.7 Å². The molecular weight excluding hydrogens is 1830 g/mol. The number of Topliss-reactive ketones (excluding diaryl/α,β-unsaturated/α-hetero) is 4. The first-order valence-electron chi connectivity index (χ1n) is 49.0. The molecule has 0 aliphatic heterocycles. The highest BCUT2D eigenvalue weighted by atomic mass is 31.2. The first-order chi connectivity index (χ1) is 68.1. The van der Waals surface area contributed by atoms with Gasteiger partial charge in [0.2, 0.25) is 0 Å². The van der Waals surface area contributed by atoms with Crippen molar-refractivity contribution in [3.63, 3.8) is 0 Å². The van der Waals surface area contributed by atoms with Gasteiger partial charge in [-0.2, -0.15) is 0 Å². The standard InChI is InChI=1S/C32H35O3P.C32H34O3P.C31H33O3P.C31H32O3P/c2*1-23-24(2)31(34)29(25(3)30(23)33)20-21-32(4,35)22-36(26-14-8-5-9-15-26,27-16-10-6-11-17-27)28-18-12-7-13-19-28;2*1-22-23(2)31(34)29(24(3)30(22)33)20-19-25(32)21-35(26-13-7-4-8-14-26,27-15-9-5-10-16-27)28-17-11-6-12-18-28/h5-19,35H,20-22H2,1-4H3,(H-,33,34);5-19,35H,20-22H2,1-4H3;4-18,25,32H,19-21H2,1-3H3,(H-,33,34);4-18,25,32H,19-21H2,1-3H3/q;+1;;+1/p+2. The fourth-order valence-corrected chi connectivity index (χ4v) is 38.6. The molecule has 2 aliphatic carbocycles. The van der Waals surface area contributed by atoms with E-state index >= 15 is 0 Å². The summed E-state index contributed by atoms with van der Waals surface area (Å²) in [5, 5.41) is 104. The highest BCUT2D eigenvalue weighted by molar-refractivity contribution is 7.97. The normalized spacial score (nSPS) is 14.4. The van der Waals surface area contributed by atoms with Gasteiger partial charge < -0.3 is 40.9 Å². The van der Waals surface area contributed by atoms with E-state index in [1.807, 2.05) is 128 Å². The number of carbonyl (C=O) groups is 4. The van der Waals surface area contributed by atoms with Gasteiger partial charge in [0.15, 0.2) is 23.1 Å². The number of hydrogen-bond acceptors (Lipinski definition) is 12. The van der Waals surface area contributed by atoms with Crippen LogP contribution in [0.1, 0.15) is 138 Å². The van der Waals surface area contributed by atoms with E-state index in [-0.39, 0.29) is 46.1 Å². The second-order valence-electron chi connectivity index (χ2n) is 38.5. The quantitative estimate of drug-likeness (QED) is 0.0112. The van der Waals surface area contributed by atoms with Crippen LogP contribution in [0, 0.1) is 41.5 Å². The van der Waals surface area contributed by atoms with Crippen LogP contribution in [-0.2, 0) is 32.0 Å². The van der Waals surface area contributed by atoms with Gasteiger partial charge in [-0.1, -0.05) is 218 Å². The third-order valence-electron chi connectivity index (χ3n) is 29.1. The van der Waals surface area contributed by atoms with E-state index in [1.54, 1.807) is 41.5 Å². The monoisotopic (exact) mass is 1960 g/mol. The number of phenolic OH excluding ortho intramolecular Hbond substituents is 4. The van der Waals surface area contributed by atoms with Crippen LogP contribution in [-0.4, -0.2) is 112 Å². The molecule has 0 saturated carbocycles. The molecule has 0 amide bonds. The number of allylic oxidation sites excluding steroid dienone is 8. The van der Waals surface area contributed by atoms with Gasteiger partial charge in [-0.25, -0.2) is 0 Å². The third kappa shape index (κ3) is 23.4. The number of aliphatic hydroxyl groups excluding tert-OH is 2. The zero-order valence-corrected chi connectivity index (χ0v) is 87.9. The molecule has 16 rings (SSSR count). The Morgan fingerprint density at radius 3 is 0.641 bits per heavy atom. The van der Waals surface area contributed by atoms with E-state index in [4.69, 9.17) is 0 Å². The number of carbonyl (C=O) groups excluding carboxylic acids is 4. The highest BCUT2D eigenvalue weighted by Gasteiger charge is 2.54. The Morgan fingerprint density at radius 1 is 0.225 bits per heavy atom. The maximum Gasteiger partial charge on any atom is 0.185 e. The Balaban J connectivity index is 0.000000159. The fourth-order valence-electron chi connectivity index (χ4n) is 20.5. The molecule has 0 saturated heterocycles. The average Bonchev–Trinajstić information content (AvgIpc) is 0.745. The van der Waals surface area contributed by atoms with Crippen molar-refractivity contribution < 1.29 is 60.0 Å². The number of phenols is 4. The molecule has 0 radical (unpaired) electrons. The number of aliphatic hydroxyl groups is 4. The maximum absolute atomic E-state index is 13.0. The van der Waals surface area contributed by atoms with Crippen molar-refractivity contribution in [1.82, 2.24) is 0 Å². The second-order valence-corrected chi connectivity index (χ2v) is 52.5. The Morgan fingerprint density at radius 2 is 0.408 bits per heavy atom. The summed E-state index contributed by atoms with van der Waals surface area (Å²) < 4.78 is 0. The lowest BCUT2D eigenvalue weighted by Gasteiger charge is -2.34. The molecule has 142 heavy (non-hydrogen) atoms. The van der Waals surface area contributed by atoms with Gasteiger partial charge in [-0.05, 0) is 327 Å². The van der Waals surface area contributed by atoms with Crippen molar-refractivity contribution in [3.05, 3.63) is 453 Å². The van der Waals surface area contributed by atoms with Crippen LogP contribution in [0.4, 0.5) is 0 Å². The topological polar surface area (TPSA) is 230 Å². The minimum absolute atomic E-state index is 0.0636. The molecule has 0 bridgehead atoms. The summed E-state index contributed by atoms with van der Waals surface area (Å²) in [7, 11) is -8.76. The summed E-state index contributed by atoms with van der Waals surface area (Å²) in [6.45, 7) is 25.0. The van der Waals surface area contributed by atoms with Gasteiger partial charge in [0, 0.05) is 55.7 Å². The molecular formula is C126H136O12P4+4. The van der Waals surface area contributed by atoms with Gasteiger partial charge in [-0.15, -0.1) is 0 Å². The summed E-state index contributed by atoms with van der Waals surface area (Å²) >= 11 is 0. The van der Waals surface area contributed by atoms with E-state index in [0.717, 1.165) is 0 Å². The minimum Gasteiger partial charge on any atom is -0.507 e. The van der Waals surface area contributed by atoms with Crippen LogP contribution < -0.4 is 63.7 Å². The van der Waals surface area contributed by atoms with E-state index in [2.05, 4.69) is 291 Å². The SMILES string of the molecule is CC1=C(C)C(=O)C(CCC(C)(O)C[P+](c2ccccc2)(c2ccccc2)c2ccccc2)=C(C)C1=O.CC1=C(C)C(=O)C(CCC(O)C[P+](c2ccccc2)(c2ccccc2)c2ccccc2)=C(C)C1=O.Cc1c(C)c(O)c(CCC(C)(O)C[P+](c2ccccc2)(c2ccccc2)c2ccccc2)c(C)c1O.Cc1c(C)c(O)c(CCC(O)C[P+](c2ccccc2)(c2ccccc2)c2ccccc2)c(C)c1O. The van der Waals surface area contributed by atoms with Gasteiger partial charge in [0.25, 0.3) is 0 Å². The van der Waals surface area contributed by atoms with E-state index in [1.165, 1.54) is 63.7 Å². The molecule has 12 nitrogen and oxygen atoms in total. The molecule has 0 aromatic heterocycles. The average molecular weight is 1970 g/mol. The lowest BCUT2D eigenvalue weighted by molar-refractivity contribution is -0.116. The lowest BCUT2D eigenvalue weighted by atomic mass is 9.83. The minimum atomic E-state index is -2.24. The van der Waals surface area contributed by atoms with Gasteiger partial charge >= 0.3 is 0 Å². The lowest BCUT2D eigenvalue weighted by Crippen LogP contribution is -2.42. The summed E-state index contributed by atoms with van der Waals surface area (Å²) in [4.78, 5) is 51.2. The Hall–Kier alpha value is -12.5. The second kappa shape index (κ2) is 47.6. The number of benzene rings is 14. The van der Waals surface area contributed by atoms with Crippen molar-refractivity contribution in [2.45, 2.75) is 172 Å². The largest absolute Gasteiger partial charge is 0.507 e. The molecule has 0 heterocycles. The van der Waals surface area contributed by atoms with Crippen LogP contribution in [0.3, 0.4) is 0 Å². The van der Waals surface area contributed by atoms with Crippen molar-refractivity contribution in [1.29, 1.82) is 0 Å². The number of rotatable bonds is 32. The summed E-state index contributed by atoms with van der Waals surface area (Å²) in [6.07, 6.45) is 4.50. The fraction of sp³-hybridized carbons (Fsp3) is 0.238. The molecule has 4 unspecified atom stereocenters. The number of hydrogen-bond donors (Lipinski definition) is 8. The van der Waals surface area contributed by atoms with Crippen molar-refractivity contribution in [2.24, 2.45) is 0 Å². The summed E-state index contributed by atoms with van der Waals surface area (Å²) in [6, 6.07) is 126. The van der Waals surface area contributed by atoms with Crippen LogP contribution in [0.5, 0.6) is 23.0 Å². The third-order valence-corrected chi connectivity index (χ3v) is 47.5. The Labute approximate surface area is 842 Å². The van der Waals surface area contributed by atoms with E-state index in [0.29, 0.717) is 165 Å². The highest BCUT2D eigenvalue weighted by Crippen LogP contribution is 2.62. The van der Waals surface area contributed by atoms with E-state index < -0.39 is 52.5 Å². The smallest absolute Gasteiger partial charge is 0.185 e. The van der Waals surface area contributed by atoms with Crippen molar-refractivity contribution in [3.8, 4) is 23.0 Å². The van der Waals surface area contributed by atoms with Crippen LogP contribution >= 0.6 is 29.0 Å². The molecule has 4 atom stereocenters. The van der Waals surface area contributed by atoms with Crippen molar-refractivity contribution >= 4 is 116 Å². The molecule has 14 aromatic carbocycles. The molecule has 0 fully saturated rings. The molecule has 0 spiro atoms. The van der Waals surface area contributed by atoms with Gasteiger partial charge in [-0.3, -0.25) is 19.2 Å². The van der Waals surface area contributed by atoms with Crippen molar-refractivity contribution in [2.75, 3.05) is 24.6 Å². The van der Waals surface area contributed by atoms with Crippen LogP contribution in [0.15, 0.2) is 409 Å². The van der Waals surface area contributed by atoms with Gasteiger partial charge in [0.1, 0.15) is 128 Å². The van der Waals surface area contributed by atoms with Crippen LogP contribution in [0.2, 0.25) is 0 Å². The molecule has 728 valence electrons. The Bertz CT molecular complexity index is 6390. The van der Waals surface area contributed by atoms with Crippen LogP contribution in [0.25, 0.3) is 0 Å². The molecule has 14 aromatic rings. The summed E-state index contributed by atoms with van der Waals surface area (Å²) in [5.74, 6) is 0.614. The zero-order valence-electron chi connectivity index (χ0n) is 84.3. The maximum atomic E-state index is 13.0. The molecule has 16 heteroatoms. The molecule has 8 N–H and O–H groups in total. The Kier molecular flexibility index (Phi) is 35.8. The predicted molar refractivity (Wildman–Crippen MR) is 599 cm³/mol. The van der Waals surface area contributed by atoms with E-state index in [9.17, 15) is 60.0 Å². The number of aromatic hydroxyl groups is 4. The molecule has 2 aliphatic rings. The predicted octanol–water partition coefficient (Wildman–Crippen LogP) is 21.3. The first kappa shape index (κ1) is 107. The zero-order chi connectivity index (χ0) is 102. The first-order valence-corrected chi connectivity index (χ1v) is 56.9. The summed E-state index contributed by atoms with van der Waals surface area (Å²) in [5.41, 5.74) is 7.65. The number of ketones is 4.